The second-order valence-corrected chi connectivity index (χ2v) is 8.76. The fraction of sp³-hybridized carbons (Fsp3) is 0.455. The summed E-state index contributed by atoms with van der Waals surface area (Å²) in [6.07, 6.45) is 4.83. The number of nitrogens with one attached hydrogen (secondary N) is 1. The molecule has 1 aromatic heterocycles. The summed E-state index contributed by atoms with van der Waals surface area (Å²) in [5.41, 5.74) is 2.10. The summed E-state index contributed by atoms with van der Waals surface area (Å²) in [7, 11) is 1.75. The number of piperidine rings is 1. The first-order valence-electron chi connectivity index (χ1n) is 9.96. The molecule has 4 rings (SSSR count). The minimum absolute atomic E-state index is 0.0190. The van der Waals surface area contributed by atoms with E-state index in [1.807, 2.05) is 24.3 Å². The van der Waals surface area contributed by atoms with Crippen LogP contribution in [-0.2, 0) is 18.4 Å². The average Bonchev–Trinajstić information content (AvgIpc) is 3.54. The minimum atomic E-state index is -0.135. The molecule has 1 saturated carbocycles. The Morgan fingerprint density at radius 2 is 2.04 bits per heavy atom. The van der Waals surface area contributed by atoms with Crippen LogP contribution in [0.2, 0.25) is 0 Å². The maximum Gasteiger partial charge on any atom is 0.250 e. The van der Waals surface area contributed by atoms with Crippen LogP contribution >= 0.6 is 15.9 Å². The third kappa shape index (κ3) is 4.08. The molecule has 28 heavy (non-hydrogen) atoms. The predicted molar refractivity (Wildman–Crippen MR) is 113 cm³/mol. The number of carbonyl (C=O) groups is 1. The van der Waals surface area contributed by atoms with E-state index in [9.17, 15) is 9.59 Å². The maximum atomic E-state index is 13.6. The molecule has 2 fully saturated rings. The van der Waals surface area contributed by atoms with Gasteiger partial charge in [0.15, 0.2) is 0 Å². The van der Waals surface area contributed by atoms with Crippen LogP contribution in [-0.4, -0.2) is 34.5 Å². The van der Waals surface area contributed by atoms with Crippen molar-refractivity contribution in [3.8, 4) is 0 Å². The zero-order valence-corrected chi connectivity index (χ0v) is 17.7. The molecule has 1 aliphatic carbocycles. The Morgan fingerprint density at radius 1 is 1.25 bits per heavy atom. The number of aromatic nitrogens is 1. The number of nitrogens with zero attached hydrogens (tertiary/aromatic N) is 2. The molecule has 1 saturated heterocycles. The molecule has 0 radical (unpaired) electrons. The lowest BCUT2D eigenvalue weighted by Gasteiger charge is -2.36. The van der Waals surface area contributed by atoms with E-state index in [0.29, 0.717) is 19.1 Å². The van der Waals surface area contributed by atoms with Crippen LogP contribution in [0.1, 0.15) is 36.3 Å². The standard InChI is InChI=1S/C22H26BrN3O2/c1-25-11-9-15(12-21(25)27)18-8-10-24-13-19(18)22(28)26(17-6-7-17)14-16-4-2-3-5-20(16)23/h2-5,9,11-12,17-19,24H,6-8,10,13-14H2,1H3/t18-,19+/m0/s1. The number of halogens is 1. The topological polar surface area (TPSA) is 54.3 Å². The van der Waals surface area contributed by atoms with Gasteiger partial charge >= 0.3 is 0 Å². The lowest BCUT2D eigenvalue weighted by Crippen LogP contribution is -2.47. The van der Waals surface area contributed by atoms with Crippen LogP contribution in [0, 0.1) is 5.92 Å². The molecule has 1 amide bonds. The highest BCUT2D eigenvalue weighted by molar-refractivity contribution is 9.10. The summed E-state index contributed by atoms with van der Waals surface area (Å²) in [5, 5.41) is 3.39. The van der Waals surface area contributed by atoms with Crippen molar-refractivity contribution in [1.29, 1.82) is 0 Å². The Bertz CT molecular complexity index is 922. The first kappa shape index (κ1) is 19.4. The third-order valence-electron chi connectivity index (χ3n) is 5.93. The smallest absolute Gasteiger partial charge is 0.250 e. The monoisotopic (exact) mass is 443 g/mol. The molecule has 5 nitrogen and oxygen atoms in total. The van der Waals surface area contributed by atoms with E-state index in [4.69, 9.17) is 0 Å². The number of rotatable bonds is 5. The van der Waals surface area contributed by atoms with Crippen molar-refractivity contribution in [2.75, 3.05) is 13.1 Å². The van der Waals surface area contributed by atoms with Gasteiger partial charge in [0.05, 0.1) is 5.92 Å². The molecular weight excluding hydrogens is 418 g/mol. The molecule has 1 aromatic carbocycles. The van der Waals surface area contributed by atoms with Gasteiger partial charge < -0.3 is 14.8 Å². The number of aryl methyl sites for hydroxylation is 1. The molecule has 6 heteroatoms. The number of hydrogen-bond donors (Lipinski definition) is 1. The van der Waals surface area contributed by atoms with Crippen molar-refractivity contribution in [3.05, 3.63) is 68.5 Å². The van der Waals surface area contributed by atoms with Gasteiger partial charge in [0.1, 0.15) is 0 Å². The van der Waals surface area contributed by atoms with E-state index in [0.717, 1.165) is 41.4 Å². The first-order chi connectivity index (χ1) is 13.5. The average molecular weight is 444 g/mol. The summed E-state index contributed by atoms with van der Waals surface area (Å²) in [4.78, 5) is 27.8. The van der Waals surface area contributed by atoms with Gasteiger partial charge in [-0.1, -0.05) is 34.1 Å². The maximum absolute atomic E-state index is 13.6. The molecule has 148 valence electrons. The zero-order chi connectivity index (χ0) is 19.7. The summed E-state index contributed by atoms with van der Waals surface area (Å²) in [6.45, 7) is 2.17. The minimum Gasteiger partial charge on any atom is -0.335 e. The van der Waals surface area contributed by atoms with Gasteiger partial charge in [0.2, 0.25) is 5.91 Å². The lowest BCUT2D eigenvalue weighted by molar-refractivity contribution is -0.138. The van der Waals surface area contributed by atoms with Crippen molar-refractivity contribution in [3.63, 3.8) is 0 Å². The summed E-state index contributed by atoms with van der Waals surface area (Å²) in [6, 6.07) is 12.1. The molecule has 1 aliphatic heterocycles. The highest BCUT2D eigenvalue weighted by atomic mass is 79.9. The van der Waals surface area contributed by atoms with E-state index >= 15 is 0 Å². The van der Waals surface area contributed by atoms with Gasteiger partial charge in [-0.05, 0) is 55.0 Å². The highest BCUT2D eigenvalue weighted by Crippen LogP contribution is 2.36. The van der Waals surface area contributed by atoms with E-state index < -0.39 is 0 Å². The number of pyridine rings is 1. The molecule has 2 aliphatic rings. The van der Waals surface area contributed by atoms with Crippen molar-refractivity contribution in [2.24, 2.45) is 13.0 Å². The Kier molecular flexibility index (Phi) is 5.69. The van der Waals surface area contributed by atoms with E-state index in [-0.39, 0.29) is 23.3 Å². The summed E-state index contributed by atoms with van der Waals surface area (Å²) in [5.74, 6) is 0.156. The van der Waals surface area contributed by atoms with Crippen LogP contribution in [0.5, 0.6) is 0 Å². The van der Waals surface area contributed by atoms with Crippen LogP contribution in [0.4, 0.5) is 0 Å². The molecule has 1 N–H and O–H groups in total. The van der Waals surface area contributed by atoms with E-state index in [2.05, 4.69) is 32.2 Å². The fourth-order valence-corrected chi connectivity index (χ4v) is 4.52. The molecular formula is C22H26BrN3O2. The van der Waals surface area contributed by atoms with Crippen LogP contribution in [0.3, 0.4) is 0 Å². The number of benzene rings is 1. The fourth-order valence-electron chi connectivity index (χ4n) is 4.11. The van der Waals surface area contributed by atoms with Crippen LogP contribution in [0.25, 0.3) is 0 Å². The molecule has 2 heterocycles. The van der Waals surface area contributed by atoms with Crippen molar-refractivity contribution in [2.45, 2.75) is 37.8 Å². The molecule has 2 aromatic rings. The van der Waals surface area contributed by atoms with Crippen molar-refractivity contribution in [1.82, 2.24) is 14.8 Å². The largest absolute Gasteiger partial charge is 0.335 e. The summed E-state index contributed by atoms with van der Waals surface area (Å²) < 4.78 is 2.61. The number of carbonyl (C=O) groups excluding carboxylic acids is 1. The Labute approximate surface area is 173 Å². The molecule has 0 bridgehead atoms. The van der Waals surface area contributed by atoms with Gasteiger partial charge in [0, 0.05) is 42.9 Å². The Morgan fingerprint density at radius 3 is 2.75 bits per heavy atom. The van der Waals surface area contributed by atoms with Gasteiger partial charge in [0.25, 0.3) is 5.56 Å². The normalized spacial score (nSPS) is 22.1. The second kappa shape index (κ2) is 8.21. The summed E-state index contributed by atoms with van der Waals surface area (Å²) >= 11 is 3.62. The molecule has 0 unspecified atom stereocenters. The van der Waals surface area contributed by atoms with Crippen LogP contribution in [0.15, 0.2) is 51.9 Å². The van der Waals surface area contributed by atoms with Crippen molar-refractivity contribution < 1.29 is 4.79 Å². The second-order valence-electron chi connectivity index (χ2n) is 7.90. The Hall–Kier alpha value is -1.92. The Balaban J connectivity index is 1.60. The van der Waals surface area contributed by atoms with E-state index in [1.165, 1.54) is 0 Å². The lowest BCUT2D eigenvalue weighted by atomic mass is 9.80. The predicted octanol–water partition coefficient (Wildman–Crippen LogP) is 3.03. The van der Waals surface area contributed by atoms with E-state index in [1.54, 1.807) is 23.9 Å². The number of hydrogen-bond acceptors (Lipinski definition) is 3. The zero-order valence-electron chi connectivity index (χ0n) is 16.1. The van der Waals surface area contributed by atoms with Crippen molar-refractivity contribution >= 4 is 21.8 Å². The third-order valence-corrected chi connectivity index (χ3v) is 6.70. The van der Waals surface area contributed by atoms with Crippen LogP contribution < -0.4 is 10.9 Å². The number of amides is 1. The van der Waals surface area contributed by atoms with Gasteiger partial charge in [-0.15, -0.1) is 0 Å². The SMILES string of the molecule is Cn1ccc([C@@H]2CCNC[C@H]2C(=O)N(Cc2ccccc2Br)C2CC2)cc1=O. The quantitative estimate of drug-likeness (QED) is 0.772. The van der Waals surface area contributed by atoms with Gasteiger partial charge in [-0.3, -0.25) is 9.59 Å². The first-order valence-corrected chi connectivity index (χ1v) is 10.7. The molecule has 0 spiro atoms. The molecule has 2 atom stereocenters. The van der Waals surface area contributed by atoms with Gasteiger partial charge in [-0.2, -0.15) is 0 Å². The highest BCUT2D eigenvalue weighted by Gasteiger charge is 2.40. The van der Waals surface area contributed by atoms with Gasteiger partial charge in [-0.25, -0.2) is 0 Å².